The van der Waals surface area contributed by atoms with Crippen LogP contribution in [0.5, 0.6) is 0 Å². The SMILES string of the molecule is CCCCCCCCN1C=CC=CC1. The molecule has 80 valence electrons. The van der Waals surface area contributed by atoms with E-state index in [0.29, 0.717) is 0 Å². The number of nitrogens with zero attached hydrogens (tertiary/aromatic N) is 1. The standard InChI is InChI=1S/C13H23N/c1-2-3-4-5-6-8-11-14-12-9-7-10-13-14/h7,9-10,12H,2-6,8,11,13H2,1H3. The van der Waals surface area contributed by atoms with Crippen molar-refractivity contribution in [3.8, 4) is 0 Å². The third-order valence-electron chi connectivity index (χ3n) is 2.68. The zero-order valence-corrected chi connectivity index (χ0v) is 9.41. The maximum absolute atomic E-state index is 2.39. The van der Waals surface area contributed by atoms with Gasteiger partial charge in [0.15, 0.2) is 0 Å². The van der Waals surface area contributed by atoms with Crippen molar-refractivity contribution in [1.82, 2.24) is 4.90 Å². The molecule has 14 heavy (non-hydrogen) atoms. The van der Waals surface area contributed by atoms with Crippen LogP contribution in [0.4, 0.5) is 0 Å². The first-order valence-electron chi connectivity index (χ1n) is 6.01. The lowest BCUT2D eigenvalue weighted by Gasteiger charge is -2.20. The molecule has 0 aliphatic carbocycles. The molecule has 0 aromatic rings. The summed E-state index contributed by atoms with van der Waals surface area (Å²) in [5.74, 6) is 0. The molecule has 0 fully saturated rings. The molecule has 0 atom stereocenters. The van der Waals surface area contributed by atoms with Gasteiger partial charge in [-0.15, -0.1) is 0 Å². The van der Waals surface area contributed by atoms with Crippen molar-refractivity contribution in [3.05, 3.63) is 24.4 Å². The number of allylic oxidation sites excluding steroid dienone is 2. The largest absolute Gasteiger partial charge is 0.374 e. The van der Waals surface area contributed by atoms with Gasteiger partial charge in [0.2, 0.25) is 0 Å². The summed E-state index contributed by atoms with van der Waals surface area (Å²) in [6.07, 6.45) is 17.0. The summed E-state index contributed by atoms with van der Waals surface area (Å²) in [5.41, 5.74) is 0. The summed E-state index contributed by atoms with van der Waals surface area (Å²) in [5, 5.41) is 0. The number of unbranched alkanes of at least 4 members (excludes halogenated alkanes) is 5. The smallest absolute Gasteiger partial charge is 0.0357 e. The Balaban J connectivity index is 1.88. The number of hydrogen-bond donors (Lipinski definition) is 0. The zero-order valence-electron chi connectivity index (χ0n) is 9.41. The maximum atomic E-state index is 2.39. The highest BCUT2D eigenvalue weighted by molar-refractivity contribution is 5.08. The molecular formula is C13H23N. The summed E-state index contributed by atoms with van der Waals surface area (Å²) in [4.78, 5) is 2.39. The highest BCUT2D eigenvalue weighted by Gasteiger charge is 1.98. The molecule has 0 radical (unpaired) electrons. The summed E-state index contributed by atoms with van der Waals surface area (Å²) in [6.45, 7) is 4.60. The fourth-order valence-corrected chi connectivity index (χ4v) is 1.77. The molecular weight excluding hydrogens is 170 g/mol. The van der Waals surface area contributed by atoms with Crippen molar-refractivity contribution in [1.29, 1.82) is 0 Å². The molecule has 0 bridgehead atoms. The van der Waals surface area contributed by atoms with E-state index in [9.17, 15) is 0 Å². The van der Waals surface area contributed by atoms with Gasteiger partial charge in [0, 0.05) is 13.1 Å². The van der Waals surface area contributed by atoms with Crippen molar-refractivity contribution >= 4 is 0 Å². The van der Waals surface area contributed by atoms with Gasteiger partial charge in [0.1, 0.15) is 0 Å². The summed E-state index contributed by atoms with van der Waals surface area (Å²) >= 11 is 0. The normalized spacial score (nSPS) is 15.1. The molecule has 0 spiro atoms. The Morgan fingerprint density at radius 1 is 1.00 bits per heavy atom. The van der Waals surface area contributed by atoms with E-state index >= 15 is 0 Å². The molecule has 1 rings (SSSR count). The minimum absolute atomic E-state index is 1.10. The van der Waals surface area contributed by atoms with Gasteiger partial charge in [0.25, 0.3) is 0 Å². The van der Waals surface area contributed by atoms with Gasteiger partial charge in [-0.3, -0.25) is 0 Å². The fourth-order valence-electron chi connectivity index (χ4n) is 1.77. The lowest BCUT2D eigenvalue weighted by atomic mass is 10.1. The number of rotatable bonds is 7. The molecule has 0 saturated heterocycles. The first-order valence-corrected chi connectivity index (χ1v) is 6.01. The van der Waals surface area contributed by atoms with Gasteiger partial charge < -0.3 is 4.90 Å². The predicted octanol–water partition coefficient (Wildman–Crippen LogP) is 3.73. The quantitative estimate of drug-likeness (QED) is 0.557. The van der Waals surface area contributed by atoms with Crippen LogP contribution in [0, 0.1) is 0 Å². The van der Waals surface area contributed by atoms with Crippen LogP contribution in [-0.2, 0) is 0 Å². The molecule has 0 aromatic heterocycles. The lowest BCUT2D eigenvalue weighted by molar-refractivity contribution is 0.392. The average molecular weight is 193 g/mol. The van der Waals surface area contributed by atoms with E-state index in [1.54, 1.807) is 0 Å². The molecule has 1 nitrogen and oxygen atoms in total. The van der Waals surface area contributed by atoms with Crippen molar-refractivity contribution in [2.24, 2.45) is 0 Å². The Bertz CT molecular complexity index is 182. The van der Waals surface area contributed by atoms with Crippen LogP contribution in [0.2, 0.25) is 0 Å². The van der Waals surface area contributed by atoms with Gasteiger partial charge in [-0.1, -0.05) is 51.2 Å². The summed E-state index contributed by atoms with van der Waals surface area (Å²) < 4.78 is 0. The molecule has 0 N–H and O–H groups in total. The van der Waals surface area contributed by atoms with Gasteiger partial charge >= 0.3 is 0 Å². The Labute approximate surface area is 88.5 Å². The Kier molecular flexibility index (Phi) is 6.21. The van der Waals surface area contributed by atoms with E-state index in [-0.39, 0.29) is 0 Å². The van der Waals surface area contributed by atoms with Gasteiger partial charge in [-0.2, -0.15) is 0 Å². The fraction of sp³-hybridized carbons (Fsp3) is 0.692. The van der Waals surface area contributed by atoms with Crippen LogP contribution in [0.25, 0.3) is 0 Å². The molecule has 1 heterocycles. The highest BCUT2D eigenvalue weighted by atomic mass is 15.1. The maximum Gasteiger partial charge on any atom is 0.0357 e. The Morgan fingerprint density at radius 3 is 2.50 bits per heavy atom. The number of hydrogen-bond acceptors (Lipinski definition) is 1. The van der Waals surface area contributed by atoms with Crippen LogP contribution in [0.3, 0.4) is 0 Å². The zero-order chi connectivity index (χ0) is 10.1. The van der Waals surface area contributed by atoms with E-state index in [1.807, 2.05) is 0 Å². The third-order valence-corrected chi connectivity index (χ3v) is 2.68. The monoisotopic (exact) mass is 193 g/mol. The van der Waals surface area contributed by atoms with E-state index in [2.05, 4.69) is 36.3 Å². The van der Waals surface area contributed by atoms with Crippen LogP contribution < -0.4 is 0 Å². The molecule has 1 aliphatic rings. The van der Waals surface area contributed by atoms with Crippen LogP contribution in [0.1, 0.15) is 45.4 Å². The third kappa shape index (κ3) is 5.11. The second kappa shape index (κ2) is 7.66. The molecule has 1 heteroatoms. The van der Waals surface area contributed by atoms with Crippen LogP contribution >= 0.6 is 0 Å². The Morgan fingerprint density at radius 2 is 1.79 bits per heavy atom. The first kappa shape index (κ1) is 11.4. The van der Waals surface area contributed by atoms with Gasteiger partial charge in [-0.25, -0.2) is 0 Å². The minimum atomic E-state index is 1.10. The second-order valence-electron chi connectivity index (χ2n) is 4.03. The summed E-state index contributed by atoms with van der Waals surface area (Å²) in [7, 11) is 0. The second-order valence-corrected chi connectivity index (χ2v) is 4.03. The van der Waals surface area contributed by atoms with E-state index in [0.717, 1.165) is 6.54 Å². The molecule has 0 unspecified atom stereocenters. The van der Waals surface area contributed by atoms with E-state index < -0.39 is 0 Å². The molecule has 1 aliphatic heterocycles. The highest BCUT2D eigenvalue weighted by Crippen LogP contribution is 2.07. The van der Waals surface area contributed by atoms with Gasteiger partial charge in [-0.05, 0) is 18.7 Å². The summed E-state index contributed by atoms with van der Waals surface area (Å²) in [6, 6.07) is 0. The van der Waals surface area contributed by atoms with E-state index in [4.69, 9.17) is 0 Å². The first-order chi connectivity index (χ1) is 6.93. The topological polar surface area (TPSA) is 3.24 Å². The average Bonchev–Trinajstić information content (AvgIpc) is 2.25. The van der Waals surface area contributed by atoms with Crippen LogP contribution in [-0.4, -0.2) is 18.0 Å². The van der Waals surface area contributed by atoms with Gasteiger partial charge in [0.05, 0.1) is 0 Å². The lowest BCUT2D eigenvalue weighted by Crippen LogP contribution is -2.19. The molecule has 0 amide bonds. The van der Waals surface area contributed by atoms with Crippen LogP contribution in [0.15, 0.2) is 24.4 Å². The molecule has 0 saturated carbocycles. The molecule has 0 aromatic carbocycles. The van der Waals surface area contributed by atoms with Crippen molar-refractivity contribution in [3.63, 3.8) is 0 Å². The van der Waals surface area contributed by atoms with Crippen molar-refractivity contribution < 1.29 is 0 Å². The minimum Gasteiger partial charge on any atom is -0.374 e. The Hall–Kier alpha value is -0.720. The van der Waals surface area contributed by atoms with Crippen molar-refractivity contribution in [2.75, 3.05) is 13.1 Å². The van der Waals surface area contributed by atoms with E-state index in [1.165, 1.54) is 45.1 Å². The van der Waals surface area contributed by atoms with Crippen molar-refractivity contribution in [2.45, 2.75) is 45.4 Å². The predicted molar refractivity (Wildman–Crippen MR) is 63.2 cm³/mol.